The van der Waals surface area contributed by atoms with Gasteiger partial charge in [0.2, 0.25) is 10.0 Å². The van der Waals surface area contributed by atoms with Crippen molar-refractivity contribution in [1.29, 1.82) is 0 Å². The first-order chi connectivity index (χ1) is 13.7. The summed E-state index contributed by atoms with van der Waals surface area (Å²) in [5, 5.41) is 16.8. The molecule has 5 nitrogen and oxygen atoms in total. The van der Waals surface area contributed by atoms with Crippen LogP contribution in [0.5, 0.6) is 0 Å². The summed E-state index contributed by atoms with van der Waals surface area (Å²) in [6.07, 6.45) is 1.05. The van der Waals surface area contributed by atoms with Gasteiger partial charge in [-0.25, -0.2) is 13.6 Å². The predicted octanol–water partition coefficient (Wildman–Crippen LogP) is 4.34. The third-order valence-corrected chi connectivity index (χ3v) is 7.42. The molecule has 0 bridgehead atoms. The van der Waals surface area contributed by atoms with Gasteiger partial charge in [-0.15, -0.1) is 0 Å². The highest BCUT2D eigenvalue weighted by Crippen LogP contribution is 2.39. The minimum atomic E-state index is -3.89. The highest BCUT2D eigenvalue weighted by Gasteiger charge is 2.31. The molecule has 1 aromatic rings. The fourth-order valence-corrected chi connectivity index (χ4v) is 6.37. The summed E-state index contributed by atoms with van der Waals surface area (Å²) in [5.74, 6) is 0.896. The fraction of sp³-hybridized carbons (Fsp3) is 0.750. The van der Waals surface area contributed by atoms with Crippen molar-refractivity contribution in [2.45, 2.75) is 103 Å². The molecule has 172 valence electrons. The molecule has 3 atom stereocenters. The number of hydrogen-bond donors (Lipinski definition) is 2. The molecule has 0 spiro atoms. The molecular formula is C24H42N2O3S. The van der Waals surface area contributed by atoms with Gasteiger partial charge in [0, 0.05) is 25.6 Å². The Morgan fingerprint density at radius 2 is 1.63 bits per heavy atom. The minimum Gasteiger partial charge on any atom is -0.391 e. The zero-order valence-electron chi connectivity index (χ0n) is 20.1. The number of sulfonamides is 1. The van der Waals surface area contributed by atoms with Crippen molar-refractivity contribution < 1.29 is 13.5 Å². The lowest BCUT2D eigenvalue weighted by Gasteiger charge is -2.29. The number of aliphatic hydroxyl groups excluding tert-OH is 1. The van der Waals surface area contributed by atoms with Crippen LogP contribution < -0.4 is 5.14 Å². The summed E-state index contributed by atoms with van der Waals surface area (Å²) in [5.41, 5.74) is 3.65. The number of rotatable bonds is 8. The standard InChI is InChI=1S/C24H42N2O3S/c1-14(2)20-11-21(15(3)4)24(30(25,28)29)23(16(5)6)22(20)10-19(27)13-26-12-17(7)9-18(26)8/h11,14-19,27H,9-10,12-13H2,1-8H3,(H2,25,28,29)/t17?,18?,19-/m1/s1. The number of primary sulfonamides is 1. The van der Waals surface area contributed by atoms with Crippen molar-refractivity contribution in [1.82, 2.24) is 4.90 Å². The minimum absolute atomic E-state index is 0.0116. The van der Waals surface area contributed by atoms with Crippen LogP contribution in [0.1, 0.15) is 102 Å². The van der Waals surface area contributed by atoms with Gasteiger partial charge in [-0.05, 0) is 59.3 Å². The van der Waals surface area contributed by atoms with Crippen LogP contribution in [0.4, 0.5) is 0 Å². The first kappa shape index (κ1) is 25.3. The van der Waals surface area contributed by atoms with Gasteiger partial charge in [0.05, 0.1) is 11.0 Å². The van der Waals surface area contributed by atoms with E-state index in [1.807, 2.05) is 33.8 Å². The van der Waals surface area contributed by atoms with Crippen LogP contribution in [0, 0.1) is 5.92 Å². The van der Waals surface area contributed by atoms with Crippen LogP contribution in [0.2, 0.25) is 0 Å². The number of nitrogens with zero attached hydrogens (tertiary/aromatic N) is 1. The fourth-order valence-electron chi connectivity index (χ4n) is 5.08. The van der Waals surface area contributed by atoms with Gasteiger partial charge >= 0.3 is 0 Å². The molecule has 1 saturated heterocycles. The SMILES string of the molecule is CC1CC(C)N(C[C@H](O)Cc2c(C(C)C)cc(C(C)C)c(S(N)(=O)=O)c2C(C)C)C1. The van der Waals surface area contributed by atoms with Gasteiger partial charge in [0.15, 0.2) is 0 Å². The topological polar surface area (TPSA) is 83.6 Å². The van der Waals surface area contributed by atoms with Crippen molar-refractivity contribution in [3.05, 3.63) is 28.3 Å². The smallest absolute Gasteiger partial charge is 0.238 e. The monoisotopic (exact) mass is 438 g/mol. The molecule has 1 aliphatic heterocycles. The molecule has 2 unspecified atom stereocenters. The summed E-state index contributed by atoms with van der Waals surface area (Å²) in [6, 6.07) is 2.48. The third-order valence-electron chi connectivity index (χ3n) is 6.40. The normalized spacial score (nSPS) is 21.9. The number of aliphatic hydroxyl groups is 1. The second-order valence-corrected chi connectivity index (χ2v) is 11.8. The molecule has 1 fully saturated rings. The lowest BCUT2D eigenvalue weighted by molar-refractivity contribution is 0.108. The van der Waals surface area contributed by atoms with E-state index in [0.717, 1.165) is 35.2 Å². The maximum absolute atomic E-state index is 12.7. The van der Waals surface area contributed by atoms with Crippen LogP contribution in [-0.4, -0.2) is 43.7 Å². The van der Waals surface area contributed by atoms with E-state index in [2.05, 4.69) is 32.6 Å². The van der Waals surface area contributed by atoms with Crippen molar-refractivity contribution in [3.63, 3.8) is 0 Å². The zero-order chi connectivity index (χ0) is 23.0. The van der Waals surface area contributed by atoms with E-state index in [0.29, 0.717) is 24.9 Å². The Hall–Kier alpha value is -0.950. The van der Waals surface area contributed by atoms with Crippen molar-refractivity contribution in [2.75, 3.05) is 13.1 Å². The first-order valence-electron chi connectivity index (χ1n) is 11.4. The average Bonchev–Trinajstić information content (AvgIpc) is 2.89. The van der Waals surface area contributed by atoms with Gasteiger partial charge in [0.1, 0.15) is 0 Å². The molecule has 0 aliphatic carbocycles. The van der Waals surface area contributed by atoms with Gasteiger partial charge < -0.3 is 5.11 Å². The number of likely N-dealkylation sites (tertiary alicyclic amines) is 1. The van der Waals surface area contributed by atoms with Gasteiger partial charge in [-0.3, -0.25) is 4.90 Å². The van der Waals surface area contributed by atoms with Crippen LogP contribution in [0.3, 0.4) is 0 Å². The summed E-state index contributed by atoms with van der Waals surface area (Å²) >= 11 is 0. The Morgan fingerprint density at radius 1 is 1.07 bits per heavy atom. The van der Waals surface area contributed by atoms with E-state index in [1.54, 1.807) is 0 Å². The average molecular weight is 439 g/mol. The molecule has 3 N–H and O–H groups in total. The molecule has 0 saturated carbocycles. The van der Waals surface area contributed by atoms with E-state index >= 15 is 0 Å². The molecule has 1 aliphatic rings. The van der Waals surface area contributed by atoms with Crippen LogP contribution in [-0.2, 0) is 16.4 Å². The summed E-state index contributed by atoms with van der Waals surface area (Å²) in [4.78, 5) is 2.62. The zero-order valence-corrected chi connectivity index (χ0v) is 20.9. The Kier molecular flexibility index (Phi) is 8.17. The number of nitrogens with two attached hydrogens (primary N) is 1. The number of β-amino-alcohol motifs (C(OH)–C–C–N with tert-alkyl or cyclic N) is 1. The van der Waals surface area contributed by atoms with Crippen LogP contribution >= 0.6 is 0 Å². The summed E-state index contributed by atoms with van der Waals surface area (Å²) in [6.45, 7) is 18.4. The van der Waals surface area contributed by atoms with E-state index < -0.39 is 16.1 Å². The second kappa shape index (κ2) is 9.68. The maximum atomic E-state index is 12.7. The molecule has 0 amide bonds. The van der Waals surface area contributed by atoms with E-state index in [4.69, 9.17) is 5.14 Å². The molecule has 2 rings (SSSR count). The quantitative estimate of drug-likeness (QED) is 0.632. The first-order valence-corrected chi connectivity index (χ1v) is 12.9. The van der Waals surface area contributed by atoms with E-state index in [-0.39, 0.29) is 22.6 Å². The summed E-state index contributed by atoms with van der Waals surface area (Å²) in [7, 11) is -3.89. The highest BCUT2D eigenvalue weighted by molar-refractivity contribution is 7.89. The molecule has 1 aromatic carbocycles. The lowest BCUT2D eigenvalue weighted by atomic mass is 9.82. The van der Waals surface area contributed by atoms with Crippen molar-refractivity contribution >= 4 is 10.0 Å². The number of hydrogen-bond acceptors (Lipinski definition) is 4. The third kappa shape index (κ3) is 5.64. The van der Waals surface area contributed by atoms with Crippen molar-refractivity contribution in [3.8, 4) is 0 Å². The van der Waals surface area contributed by atoms with Gasteiger partial charge in [-0.2, -0.15) is 0 Å². The largest absolute Gasteiger partial charge is 0.391 e. The van der Waals surface area contributed by atoms with E-state index in [1.165, 1.54) is 0 Å². The maximum Gasteiger partial charge on any atom is 0.238 e. The Morgan fingerprint density at radius 3 is 2.03 bits per heavy atom. The molecule has 1 heterocycles. The molecule has 6 heteroatoms. The Labute approximate surface area is 184 Å². The van der Waals surface area contributed by atoms with Crippen molar-refractivity contribution in [2.24, 2.45) is 11.1 Å². The Bertz CT molecular complexity index is 846. The van der Waals surface area contributed by atoms with Gasteiger partial charge in [-0.1, -0.05) is 54.5 Å². The molecule has 0 aromatic heterocycles. The summed E-state index contributed by atoms with van der Waals surface area (Å²) < 4.78 is 25.3. The number of benzene rings is 1. The predicted molar refractivity (Wildman–Crippen MR) is 125 cm³/mol. The van der Waals surface area contributed by atoms with Crippen LogP contribution in [0.25, 0.3) is 0 Å². The second-order valence-electron chi connectivity index (χ2n) is 10.3. The Balaban J connectivity index is 2.58. The van der Waals surface area contributed by atoms with Crippen LogP contribution in [0.15, 0.2) is 11.0 Å². The van der Waals surface area contributed by atoms with E-state index in [9.17, 15) is 13.5 Å². The lowest BCUT2D eigenvalue weighted by Crippen LogP contribution is -2.36. The molecule has 30 heavy (non-hydrogen) atoms. The highest BCUT2D eigenvalue weighted by atomic mass is 32.2. The molecule has 0 radical (unpaired) electrons. The van der Waals surface area contributed by atoms with Gasteiger partial charge in [0.25, 0.3) is 0 Å². The molecular weight excluding hydrogens is 396 g/mol.